The van der Waals surface area contributed by atoms with Gasteiger partial charge < -0.3 is 5.32 Å². The molecule has 0 radical (unpaired) electrons. The Kier molecular flexibility index (Phi) is 4.43. The molecule has 0 unspecified atom stereocenters. The third-order valence-electron chi connectivity index (χ3n) is 2.18. The highest BCUT2D eigenvalue weighted by molar-refractivity contribution is 6.30. The smallest absolute Gasteiger partial charge is 0.0409 e. The molecule has 1 N–H and O–H groups in total. The molecule has 0 bridgehead atoms. The van der Waals surface area contributed by atoms with E-state index in [4.69, 9.17) is 11.6 Å². The van der Waals surface area contributed by atoms with Crippen LogP contribution in [0.15, 0.2) is 24.3 Å². The van der Waals surface area contributed by atoms with E-state index in [2.05, 4.69) is 32.2 Å². The summed E-state index contributed by atoms with van der Waals surface area (Å²) in [4.78, 5) is 0. The van der Waals surface area contributed by atoms with Gasteiger partial charge in [-0.3, -0.25) is 0 Å². The van der Waals surface area contributed by atoms with Gasteiger partial charge >= 0.3 is 0 Å². The van der Waals surface area contributed by atoms with Gasteiger partial charge in [-0.1, -0.05) is 37.6 Å². The van der Waals surface area contributed by atoms with Gasteiger partial charge in [0.2, 0.25) is 0 Å². The molecule has 0 fully saturated rings. The first-order valence-electron chi connectivity index (χ1n) is 5.08. The van der Waals surface area contributed by atoms with Crippen LogP contribution in [-0.2, 0) is 0 Å². The molecular formula is C12H18ClN. The predicted molar refractivity (Wildman–Crippen MR) is 62.7 cm³/mol. The molecule has 0 saturated carbocycles. The fourth-order valence-corrected chi connectivity index (χ4v) is 1.50. The second-order valence-electron chi connectivity index (χ2n) is 4.08. The molecule has 78 valence electrons. The number of hydrogen-bond donors (Lipinski definition) is 1. The Morgan fingerprint density at radius 1 is 1.29 bits per heavy atom. The van der Waals surface area contributed by atoms with E-state index < -0.39 is 0 Å². The summed E-state index contributed by atoms with van der Waals surface area (Å²) in [5.74, 6) is 0.677. The first-order chi connectivity index (χ1) is 6.59. The third-order valence-corrected chi connectivity index (χ3v) is 2.42. The maximum atomic E-state index is 5.92. The van der Waals surface area contributed by atoms with Crippen LogP contribution in [0.3, 0.4) is 0 Å². The van der Waals surface area contributed by atoms with Crippen LogP contribution in [0, 0.1) is 5.92 Å². The van der Waals surface area contributed by atoms with Crippen LogP contribution in [0.4, 0.5) is 0 Å². The van der Waals surface area contributed by atoms with E-state index in [1.54, 1.807) is 0 Å². The van der Waals surface area contributed by atoms with Gasteiger partial charge in [0.05, 0.1) is 0 Å². The van der Waals surface area contributed by atoms with Crippen molar-refractivity contribution in [3.63, 3.8) is 0 Å². The van der Waals surface area contributed by atoms with Crippen LogP contribution in [0.5, 0.6) is 0 Å². The minimum atomic E-state index is 0.371. The highest BCUT2D eigenvalue weighted by Crippen LogP contribution is 2.17. The average Bonchev–Trinajstić information content (AvgIpc) is 2.14. The lowest BCUT2D eigenvalue weighted by atomic mass is 10.1. The maximum Gasteiger partial charge on any atom is 0.0409 e. The molecule has 14 heavy (non-hydrogen) atoms. The zero-order valence-corrected chi connectivity index (χ0v) is 9.81. The standard InChI is InChI=1S/C12H18ClN/c1-9(2)8-14-10(3)11-5-4-6-12(13)7-11/h4-7,9-10,14H,8H2,1-3H3/t10-/m1/s1. The van der Waals surface area contributed by atoms with E-state index >= 15 is 0 Å². The van der Waals surface area contributed by atoms with E-state index in [1.165, 1.54) is 5.56 Å². The topological polar surface area (TPSA) is 12.0 Å². The molecule has 1 atom stereocenters. The van der Waals surface area contributed by atoms with Crippen LogP contribution in [0.25, 0.3) is 0 Å². The summed E-state index contributed by atoms with van der Waals surface area (Å²) in [5.41, 5.74) is 1.25. The first kappa shape index (κ1) is 11.5. The normalized spacial score (nSPS) is 13.2. The fraction of sp³-hybridized carbons (Fsp3) is 0.500. The number of rotatable bonds is 4. The van der Waals surface area contributed by atoms with Gasteiger partial charge in [0, 0.05) is 11.1 Å². The van der Waals surface area contributed by atoms with E-state index in [1.807, 2.05) is 18.2 Å². The van der Waals surface area contributed by atoms with Crippen molar-refractivity contribution in [2.24, 2.45) is 5.92 Å². The molecule has 0 aliphatic rings. The molecule has 0 saturated heterocycles. The van der Waals surface area contributed by atoms with Crippen molar-refractivity contribution in [3.05, 3.63) is 34.9 Å². The Labute approximate surface area is 91.5 Å². The lowest BCUT2D eigenvalue weighted by Gasteiger charge is -2.15. The summed E-state index contributed by atoms with van der Waals surface area (Å²) in [6.07, 6.45) is 0. The summed E-state index contributed by atoms with van der Waals surface area (Å²) in [6, 6.07) is 8.38. The van der Waals surface area contributed by atoms with Crippen molar-refractivity contribution in [1.29, 1.82) is 0 Å². The van der Waals surface area contributed by atoms with Gasteiger partial charge in [-0.05, 0) is 37.1 Å². The Morgan fingerprint density at radius 2 is 2.00 bits per heavy atom. The summed E-state index contributed by atoms with van der Waals surface area (Å²) < 4.78 is 0. The summed E-state index contributed by atoms with van der Waals surface area (Å²) >= 11 is 5.92. The molecule has 0 aliphatic heterocycles. The highest BCUT2D eigenvalue weighted by atomic mass is 35.5. The lowest BCUT2D eigenvalue weighted by molar-refractivity contribution is 0.496. The van der Waals surface area contributed by atoms with E-state index in [9.17, 15) is 0 Å². The number of nitrogens with one attached hydrogen (secondary N) is 1. The number of hydrogen-bond acceptors (Lipinski definition) is 1. The molecule has 1 rings (SSSR count). The number of halogens is 1. The van der Waals surface area contributed by atoms with Crippen molar-refractivity contribution in [3.8, 4) is 0 Å². The quantitative estimate of drug-likeness (QED) is 0.802. The van der Waals surface area contributed by atoms with Crippen molar-refractivity contribution in [2.45, 2.75) is 26.8 Å². The van der Waals surface area contributed by atoms with Gasteiger partial charge in [-0.25, -0.2) is 0 Å². The minimum Gasteiger partial charge on any atom is -0.310 e. The van der Waals surface area contributed by atoms with Crippen molar-refractivity contribution in [2.75, 3.05) is 6.54 Å². The van der Waals surface area contributed by atoms with Gasteiger partial charge in [0.1, 0.15) is 0 Å². The Morgan fingerprint density at radius 3 is 2.57 bits per heavy atom. The van der Waals surface area contributed by atoms with E-state index in [0.29, 0.717) is 12.0 Å². The van der Waals surface area contributed by atoms with Crippen LogP contribution in [-0.4, -0.2) is 6.54 Å². The summed E-state index contributed by atoms with van der Waals surface area (Å²) in [7, 11) is 0. The maximum absolute atomic E-state index is 5.92. The summed E-state index contributed by atoms with van der Waals surface area (Å²) in [6.45, 7) is 7.61. The lowest BCUT2D eigenvalue weighted by Crippen LogP contribution is -2.23. The molecule has 1 aromatic carbocycles. The molecule has 0 amide bonds. The van der Waals surface area contributed by atoms with Crippen LogP contribution < -0.4 is 5.32 Å². The molecule has 0 heterocycles. The van der Waals surface area contributed by atoms with Gasteiger partial charge in [0.25, 0.3) is 0 Å². The van der Waals surface area contributed by atoms with Crippen molar-refractivity contribution in [1.82, 2.24) is 5.32 Å². The highest BCUT2D eigenvalue weighted by Gasteiger charge is 2.05. The second kappa shape index (κ2) is 5.38. The molecule has 0 spiro atoms. The molecule has 2 heteroatoms. The predicted octanol–water partition coefficient (Wildman–Crippen LogP) is 3.65. The molecular weight excluding hydrogens is 194 g/mol. The third kappa shape index (κ3) is 3.69. The fourth-order valence-electron chi connectivity index (χ4n) is 1.31. The monoisotopic (exact) mass is 211 g/mol. The molecule has 1 nitrogen and oxygen atoms in total. The Bertz CT molecular complexity index is 283. The SMILES string of the molecule is CC(C)CN[C@H](C)c1cccc(Cl)c1. The summed E-state index contributed by atoms with van der Waals surface area (Å²) in [5, 5.41) is 4.27. The zero-order valence-electron chi connectivity index (χ0n) is 9.05. The average molecular weight is 212 g/mol. The van der Waals surface area contributed by atoms with Crippen molar-refractivity contribution >= 4 is 11.6 Å². The van der Waals surface area contributed by atoms with Crippen LogP contribution in [0.1, 0.15) is 32.4 Å². The Balaban J connectivity index is 2.56. The van der Waals surface area contributed by atoms with Crippen LogP contribution >= 0.6 is 11.6 Å². The van der Waals surface area contributed by atoms with E-state index in [-0.39, 0.29) is 0 Å². The first-order valence-corrected chi connectivity index (χ1v) is 5.46. The zero-order chi connectivity index (χ0) is 10.6. The minimum absolute atomic E-state index is 0.371. The molecule has 0 aromatic heterocycles. The largest absolute Gasteiger partial charge is 0.310 e. The van der Waals surface area contributed by atoms with Gasteiger partial charge in [-0.2, -0.15) is 0 Å². The molecule has 0 aliphatic carbocycles. The van der Waals surface area contributed by atoms with Crippen LogP contribution in [0.2, 0.25) is 5.02 Å². The van der Waals surface area contributed by atoms with Gasteiger partial charge in [0.15, 0.2) is 0 Å². The Hall–Kier alpha value is -0.530. The second-order valence-corrected chi connectivity index (χ2v) is 4.52. The van der Waals surface area contributed by atoms with Gasteiger partial charge in [-0.15, -0.1) is 0 Å². The molecule has 1 aromatic rings. The number of benzene rings is 1. The van der Waals surface area contributed by atoms with E-state index in [0.717, 1.165) is 11.6 Å². The van der Waals surface area contributed by atoms with Crippen molar-refractivity contribution < 1.29 is 0 Å².